The van der Waals surface area contributed by atoms with E-state index in [4.69, 9.17) is 5.26 Å². The van der Waals surface area contributed by atoms with Crippen molar-refractivity contribution in [1.82, 2.24) is 5.32 Å². The molecule has 2 heteroatoms. The van der Waals surface area contributed by atoms with Crippen LogP contribution in [0.3, 0.4) is 0 Å². The Morgan fingerprint density at radius 3 is 2.50 bits per heavy atom. The van der Waals surface area contributed by atoms with Crippen molar-refractivity contribution in [2.45, 2.75) is 52.5 Å². The van der Waals surface area contributed by atoms with Gasteiger partial charge in [0.1, 0.15) is 0 Å². The van der Waals surface area contributed by atoms with Gasteiger partial charge in [-0.05, 0) is 31.1 Å². The van der Waals surface area contributed by atoms with Crippen LogP contribution < -0.4 is 5.32 Å². The summed E-state index contributed by atoms with van der Waals surface area (Å²) in [6, 6.07) is 2.88. The maximum Gasteiger partial charge on any atom is 0.0628 e. The molecule has 1 aliphatic carbocycles. The highest BCUT2D eigenvalue weighted by Gasteiger charge is 2.42. The van der Waals surface area contributed by atoms with Crippen molar-refractivity contribution in [2.75, 3.05) is 6.54 Å². The van der Waals surface area contributed by atoms with Gasteiger partial charge < -0.3 is 5.32 Å². The number of hydrogen-bond donors (Lipinski definition) is 1. The molecule has 0 saturated heterocycles. The number of nitriles is 1. The van der Waals surface area contributed by atoms with Gasteiger partial charge in [0.25, 0.3) is 0 Å². The normalized spacial score (nSPS) is 22.4. The predicted molar refractivity (Wildman–Crippen MR) is 58.8 cm³/mol. The molecule has 1 saturated carbocycles. The molecule has 0 aromatic rings. The topological polar surface area (TPSA) is 35.8 Å². The van der Waals surface area contributed by atoms with E-state index in [2.05, 4.69) is 32.2 Å². The lowest BCUT2D eigenvalue weighted by Crippen LogP contribution is -2.36. The molecule has 14 heavy (non-hydrogen) atoms. The summed E-state index contributed by atoms with van der Waals surface area (Å²) in [5.41, 5.74) is 0.344. The van der Waals surface area contributed by atoms with Crippen LogP contribution in [0, 0.1) is 22.7 Å². The monoisotopic (exact) mass is 194 g/mol. The van der Waals surface area contributed by atoms with E-state index in [-0.39, 0.29) is 0 Å². The lowest BCUT2D eigenvalue weighted by Gasteiger charge is -2.22. The van der Waals surface area contributed by atoms with Crippen LogP contribution in [0.4, 0.5) is 0 Å². The molecule has 0 spiro atoms. The number of rotatable bonds is 6. The molecule has 1 aliphatic rings. The van der Waals surface area contributed by atoms with Crippen molar-refractivity contribution in [3.05, 3.63) is 0 Å². The minimum absolute atomic E-state index is 0.344. The Balaban J connectivity index is 2.23. The lowest BCUT2D eigenvalue weighted by molar-refractivity contribution is 0.350. The first-order valence-electron chi connectivity index (χ1n) is 5.74. The van der Waals surface area contributed by atoms with Crippen LogP contribution in [0.1, 0.15) is 46.5 Å². The molecule has 80 valence electrons. The molecular formula is C12H22N2. The van der Waals surface area contributed by atoms with Crippen molar-refractivity contribution in [3.63, 3.8) is 0 Å². The van der Waals surface area contributed by atoms with E-state index in [0.717, 1.165) is 18.9 Å². The summed E-state index contributed by atoms with van der Waals surface area (Å²) < 4.78 is 0. The zero-order chi connectivity index (χ0) is 10.6. The van der Waals surface area contributed by atoms with Crippen molar-refractivity contribution >= 4 is 0 Å². The van der Waals surface area contributed by atoms with E-state index < -0.39 is 0 Å². The van der Waals surface area contributed by atoms with Gasteiger partial charge in [-0.3, -0.25) is 0 Å². The standard InChI is InChI=1S/C12H22N2/c1-4-10(2)11(3)14-9-12(5-6-12)7-8-13/h10-11,14H,4-7,9H2,1-3H3. The molecule has 1 N–H and O–H groups in total. The zero-order valence-electron chi connectivity index (χ0n) is 9.64. The summed E-state index contributed by atoms with van der Waals surface area (Å²) in [5.74, 6) is 0.730. The van der Waals surface area contributed by atoms with Crippen LogP contribution in [0.25, 0.3) is 0 Å². The maximum absolute atomic E-state index is 8.68. The second-order valence-corrected chi connectivity index (χ2v) is 4.89. The number of hydrogen-bond acceptors (Lipinski definition) is 2. The van der Waals surface area contributed by atoms with Gasteiger partial charge in [0.2, 0.25) is 0 Å². The van der Waals surface area contributed by atoms with Gasteiger partial charge in [0.05, 0.1) is 6.07 Å². The van der Waals surface area contributed by atoms with E-state index in [1.807, 2.05) is 0 Å². The fraction of sp³-hybridized carbons (Fsp3) is 0.917. The molecule has 2 unspecified atom stereocenters. The average molecular weight is 194 g/mol. The molecule has 2 nitrogen and oxygen atoms in total. The van der Waals surface area contributed by atoms with Gasteiger partial charge >= 0.3 is 0 Å². The van der Waals surface area contributed by atoms with E-state index in [1.165, 1.54) is 19.3 Å². The largest absolute Gasteiger partial charge is 0.313 e. The molecule has 0 heterocycles. The quantitative estimate of drug-likeness (QED) is 0.705. The van der Waals surface area contributed by atoms with E-state index in [1.54, 1.807) is 0 Å². The third-order valence-electron chi connectivity index (χ3n) is 3.71. The molecule has 0 aromatic carbocycles. The summed E-state index contributed by atoms with van der Waals surface area (Å²) in [4.78, 5) is 0. The Hall–Kier alpha value is -0.550. The van der Waals surface area contributed by atoms with Gasteiger partial charge in [-0.2, -0.15) is 5.26 Å². The number of nitrogens with one attached hydrogen (secondary N) is 1. The Morgan fingerprint density at radius 1 is 1.43 bits per heavy atom. The van der Waals surface area contributed by atoms with Crippen molar-refractivity contribution in [2.24, 2.45) is 11.3 Å². The first kappa shape index (κ1) is 11.5. The molecule has 1 fully saturated rings. The third-order valence-corrected chi connectivity index (χ3v) is 3.71. The van der Waals surface area contributed by atoms with Gasteiger partial charge in [0.15, 0.2) is 0 Å². The Labute approximate surface area is 87.7 Å². The van der Waals surface area contributed by atoms with Crippen molar-refractivity contribution < 1.29 is 0 Å². The Morgan fingerprint density at radius 2 is 2.07 bits per heavy atom. The molecule has 2 atom stereocenters. The summed E-state index contributed by atoms with van der Waals surface area (Å²) in [6.07, 6.45) is 4.42. The van der Waals surface area contributed by atoms with Gasteiger partial charge in [0, 0.05) is 19.0 Å². The highest BCUT2D eigenvalue weighted by molar-refractivity contribution is 5.01. The third kappa shape index (κ3) is 2.99. The van der Waals surface area contributed by atoms with E-state index in [9.17, 15) is 0 Å². The second-order valence-electron chi connectivity index (χ2n) is 4.89. The van der Waals surface area contributed by atoms with Crippen LogP contribution in [-0.2, 0) is 0 Å². The average Bonchev–Trinajstić information content (AvgIpc) is 2.94. The minimum Gasteiger partial charge on any atom is -0.313 e. The van der Waals surface area contributed by atoms with Crippen LogP contribution in [-0.4, -0.2) is 12.6 Å². The molecule has 0 aromatic heterocycles. The Kier molecular flexibility index (Phi) is 3.95. The smallest absolute Gasteiger partial charge is 0.0628 e. The molecule has 1 rings (SSSR count). The Bertz CT molecular complexity index is 213. The fourth-order valence-electron chi connectivity index (χ4n) is 1.69. The fourth-order valence-corrected chi connectivity index (χ4v) is 1.69. The van der Waals surface area contributed by atoms with Crippen LogP contribution in [0.5, 0.6) is 0 Å². The SMILES string of the molecule is CCC(C)C(C)NCC1(CC#N)CC1. The minimum atomic E-state index is 0.344. The highest BCUT2D eigenvalue weighted by atomic mass is 14.9. The van der Waals surface area contributed by atoms with E-state index >= 15 is 0 Å². The summed E-state index contributed by atoms with van der Waals surface area (Å²) in [6.45, 7) is 7.79. The number of nitrogens with zero attached hydrogens (tertiary/aromatic N) is 1. The first-order chi connectivity index (χ1) is 6.63. The van der Waals surface area contributed by atoms with Gasteiger partial charge in [-0.25, -0.2) is 0 Å². The molecule has 0 bridgehead atoms. The lowest BCUT2D eigenvalue weighted by atomic mass is 9.98. The molecular weight excluding hydrogens is 172 g/mol. The summed E-state index contributed by atoms with van der Waals surface area (Å²) >= 11 is 0. The molecule has 0 amide bonds. The van der Waals surface area contributed by atoms with Gasteiger partial charge in [-0.15, -0.1) is 0 Å². The van der Waals surface area contributed by atoms with Crippen LogP contribution >= 0.6 is 0 Å². The maximum atomic E-state index is 8.68. The summed E-state index contributed by atoms with van der Waals surface area (Å²) in [5, 5.41) is 12.3. The van der Waals surface area contributed by atoms with Crippen molar-refractivity contribution in [3.8, 4) is 6.07 Å². The predicted octanol–water partition coefficient (Wildman–Crippen LogP) is 2.70. The van der Waals surface area contributed by atoms with Crippen LogP contribution in [0.15, 0.2) is 0 Å². The highest BCUT2D eigenvalue weighted by Crippen LogP contribution is 2.47. The van der Waals surface area contributed by atoms with Crippen molar-refractivity contribution in [1.29, 1.82) is 5.26 Å². The summed E-state index contributed by atoms with van der Waals surface area (Å²) in [7, 11) is 0. The van der Waals surface area contributed by atoms with Gasteiger partial charge in [-0.1, -0.05) is 20.3 Å². The molecule has 0 radical (unpaired) electrons. The van der Waals surface area contributed by atoms with Crippen LogP contribution in [0.2, 0.25) is 0 Å². The second kappa shape index (κ2) is 4.79. The zero-order valence-corrected chi connectivity index (χ0v) is 9.64. The van der Waals surface area contributed by atoms with E-state index in [0.29, 0.717) is 11.5 Å². The molecule has 0 aliphatic heterocycles. The first-order valence-corrected chi connectivity index (χ1v) is 5.74.